The van der Waals surface area contributed by atoms with Gasteiger partial charge in [-0.15, -0.1) is 0 Å². The highest BCUT2D eigenvalue weighted by Gasteiger charge is 2.30. The number of nitrogens with two attached hydrogens (primary N) is 1. The van der Waals surface area contributed by atoms with Crippen LogP contribution in [0.2, 0.25) is 5.02 Å². The van der Waals surface area contributed by atoms with E-state index in [0.29, 0.717) is 48.1 Å². The fourth-order valence-corrected chi connectivity index (χ4v) is 5.13. The molecule has 4 N–H and O–H groups in total. The Hall–Kier alpha value is -2.49. The second kappa shape index (κ2) is 9.64. The zero-order chi connectivity index (χ0) is 23.7. The molecule has 0 amide bonds. The molecule has 3 aromatic rings. The lowest BCUT2D eigenvalue weighted by atomic mass is 9.86. The summed E-state index contributed by atoms with van der Waals surface area (Å²) in [5, 5.41) is 7.13. The van der Waals surface area contributed by atoms with Gasteiger partial charge in [0.05, 0.1) is 11.9 Å². The molecule has 8 nitrogen and oxygen atoms in total. The lowest BCUT2D eigenvalue weighted by Gasteiger charge is -2.34. The van der Waals surface area contributed by atoms with Crippen molar-refractivity contribution in [2.45, 2.75) is 57.0 Å². The zero-order valence-electron chi connectivity index (χ0n) is 19.4. The van der Waals surface area contributed by atoms with Crippen LogP contribution in [0.3, 0.4) is 0 Å². The molecule has 0 unspecified atom stereocenters. The molecule has 10 heteroatoms. The molecule has 1 aliphatic heterocycles. The van der Waals surface area contributed by atoms with Gasteiger partial charge in [0.2, 0.25) is 11.9 Å². The summed E-state index contributed by atoms with van der Waals surface area (Å²) in [5.41, 5.74) is 7.46. The van der Waals surface area contributed by atoms with Crippen molar-refractivity contribution in [3.8, 4) is 0 Å². The Bertz CT molecular complexity index is 1160. The zero-order valence-corrected chi connectivity index (χ0v) is 20.1. The number of ether oxygens (including phenoxy) is 1. The molecule has 0 spiro atoms. The van der Waals surface area contributed by atoms with Crippen molar-refractivity contribution in [1.82, 2.24) is 19.5 Å². The van der Waals surface area contributed by atoms with Crippen LogP contribution in [-0.4, -0.2) is 44.8 Å². The molecule has 5 rings (SSSR count). The predicted molar refractivity (Wildman–Crippen MR) is 132 cm³/mol. The number of nitrogens with zero attached hydrogens (tertiary/aromatic N) is 4. The maximum Gasteiger partial charge on any atom is 0.225 e. The molecule has 0 bridgehead atoms. The number of hydrogen-bond acceptors (Lipinski definition) is 7. The predicted octanol–water partition coefficient (Wildman–Crippen LogP) is 5.03. The number of imidazole rings is 1. The third kappa shape index (κ3) is 4.82. The Kier molecular flexibility index (Phi) is 6.59. The van der Waals surface area contributed by atoms with E-state index in [4.69, 9.17) is 32.0 Å². The average molecular weight is 488 g/mol. The van der Waals surface area contributed by atoms with Crippen molar-refractivity contribution in [1.29, 1.82) is 0 Å². The Morgan fingerprint density at radius 1 is 1.21 bits per heavy atom. The van der Waals surface area contributed by atoms with Gasteiger partial charge in [0.1, 0.15) is 11.3 Å². The Labute approximate surface area is 203 Å². The van der Waals surface area contributed by atoms with Crippen LogP contribution in [0.5, 0.6) is 0 Å². The topological polar surface area (TPSA) is 103 Å². The third-order valence-electron chi connectivity index (χ3n) is 7.13. The van der Waals surface area contributed by atoms with Gasteiger partial charge in [0.15, 0.2) is 5.65 Å². The lowest BCUT2D eigenvalue weighted by molar-refractivity contribution is 0.0656. The highest BCUT2D eigenvalue weighted by atomic mass is 35.5. The first-order valence-corrected chi connectivity index (χ1v) is 12.3. The molecule has 2 aromatic heterocycles. The summed E-state index contributed by atoms with van der Waals surface area (Å²) in [4.78, 5) is 14.2. The van der Waals surface area contributed by atoms with Crippen LogP contribution >= 0.6 is 11.6 Å². The molecule has 2 aliphatic rings. The van der Waals surface area contributed by atoms with Crippen molar-refractivity contribution in [3.63, 3.8) is 0 Å². The molecule has 1 saturated carbocycles. The minimum Gasteiger partial charge on any atom is -0.381 e. The summed E-state index contributed by atoms with van der Waals surface area (Å²) >= 11 is 6.12. The van der Waals surface area contributed by atoms with Crippen LogP contribution in [0.15, 0.2) is 24.4 Å². The number of hydrogen-bond donors (Lipinski definition) is 3. The SMILES string of the molecule is CC1(Nc2ncc3nc(Nc4cc(Cl)ccc4F)n([C@H]4CC[C@H](CN)CC4)c3n2)CCOCC1. The molecule has 1 aliphatic carbocycles. The fraction of sp³-hybridized carbons (Fsp3) is 0.542. The minimum atomic E-state index is -0.393. The standard InChI is InChI=1S/C24H31ClFN7O/c1-24(8-10-34-11-9-24)32-22-28-14-20-21(31-22)33(17-5-2-15(13-27)3-6-17)23(30-20)29-19-12-16(25)4-7-18(19)26/h4,7,12,14-15,17H,2-3,5-6,8-11,13,27H2,1H3,(H,29,30)(H,28,31,32)/t15-,17-. The first-order chi connectivity index (χ1) is 16.4. The first-order valence-electron chi connectivity index (χ1n) is 12.0. The summed E-state index contributed by atoms with van der Waals surface area (Å²) in [5.74, 6) is 1.24. The summed E-state index contributed by atoms with van der Waals surface area (Å²) in [6, 6.07) is 4.62. The van der Waals surface area contributed by atoms with E-state index in [0.717, 1.165) is 44.2 Å². The quantitative estimate of drug-likeness (QED) is 0.448. The number of aromatic nitrogens is 4. The van der Waals surface area contributed by atoms with E-state index >= 15 is 0 Å². The van der Waals surface area contributed by atoms with E-state index in [1.54, 1.807) is 12.3 Å². The van der Waals surface area contributed by atoms with Crippen molar-refractivity contribution >= 4 is 40.3 Å². The lowest BCUT2D eigenvalue weighted by Crippen LogP contribution is -2.41. The molecule has 1 aromatic carbocycles. The molecule has 3 heterocycles. The van der Waals surface area contributed by atoms with Crippen LogP contribution in [0, 0.1) is 11.7 Å². The van der Waals surface area contributed by atoms with Crippen molar-refractivity contribution in [3.05, 3.63) is 35.2 Å². The maximum absolute atomic E-state index is 14.5. The molecule has 0 atom stereocenters. The van der Waals surface area contributed by atoms with Gasteiger partial charge in [-0.2, -0.15) is 4.98 Å². The summed E-state index contributed by atoms with van der Waals surface area (Å²) in [6.07, 6.45) is 7.51. The highest BCUT2D eigenvalue weighted by molar-refractivity contribution is 6.30. The number of anilines is 3. The fourth-order valence-electron chi connectivity index (χ4n) is 4.95. The Balaban J connectivity index is 1.53. The molecular formula is C24H31ClFN7O. The highest BCUT2D eigenvalue weighted by Crippen LogP contribution is 2.37. The second-order valence-corrected chi connectivity index (χ2v) is 10.1. The molecule has 182 valence electrons. The summed E-state index contributed by atoms with van der Waals surface area (Å²) in [6.45, 7) is 4.30. The van der Waals surface area contributed by atoms with E-state index in [-0.39, 0.29) is 17.3 Å². The summed E-state index contributed by atoms with van der Waals surface area (Å²) < 4.78 is 22.1. The van der Waals surface area contributed by atoms with Crippen molar-refractivity contribution < 1.29 is 9.13 Å². The summed E-state index contributed by atoms with van der Waals surface area (Å²) in [7, 11) is 0. The van der Waals surface area contributed by atoms with Crippen LogP contribution in [0.4, 0.5) is 22.0 Å². The van der Waals surface area contributed by atoms with Gasteiger partial charge in [0.25, 0.3) is 0 Å². The number of nitrogens with one attached hydrogen (secondary N) is 2. The normalized spacial score (nSPS) is 22.6. The van der Waals surface area contributed by atoms with Gasteiger partial charge in [-0.25, -0.2) is 14.4 Å². The van der Waals surface area contributed by atoms with Gasteiger partial charge in [0, 0.05) is 29.8 Å². The number of rotatable bonds is 6. The van der Waals surface area contributed by atoms with E-state index < -0.39 is 5.82 Å². The molecule has 34 heavy (non-hydrogen) atoms. The van der Waals surface area contributed by atoms with Crippen LogP contribution in [0.1, 0.15) is 51.5 Å². The molecule has 2 fully saturated rings. The van der Waals surface area contributed by atoms with Gasteiger partial charge in [-0.3, -0.25) is 4.57 Å². The van der Waals surface area contributed by atoms with Gasteiger partial charge < -0.3 is 21.1 Å². The van der Waals surface area contributed by atoms with E-state index in [1.807, 2.05) is 0 Å². The van der Waals surface area contributed by atoms with Gasteiger partial charge >= 0.3 is 0 Å². The Morgan fingerprint density at radius 3 is 2.71 bits per heavy atom. The third-order valence-corrected chi connectivity index (χ3v) is 7.37. The van der Waals surface area contributed by atoms with Crippen LogP contribution < -0.4 is 16.4 Å². The monoisotopic (exact) mass is 487 g/mol. The van der Waals surface area contributed by atoms with E-state index in [1.165, 1.54) is 12.1 Å². The van der Waals surface area contributed by atoms with Crippen molar-refractivity contribution in [2.75, 3.05) is 30.4 Å². The number of halogens is 2. The van der Waals surface area contributed by atoms with Gasteiger partial charge in [-0.05, 0) is 76.1 Å². The Morgan fingerprint density at radius 2 is 1.97 bits per heavy atom. The average Bonchev–Trinajstić information content (AvgIpc) is 3.19. The molecular weight excluding hydrogens is 457 g/mol. The maximum atomic E-state index is 14.5. The van der Waals surface area contributed by atoms with Crippen molar-refractivity contribution in [2.24, 2.45) is 11.7 Å². The smallest absolute Gasteiger partial charge is 0.225 e. The van der Waals surface area contributed by atoms with E-state index in [9.17, 15) is 4.39 Å². The molecule has 0 radical (unpaired) electrons. The minimum absolute atomic E-state index is 0.124. The molecule has 1 saturated heterocycles. The second-order valence-electron chi connectivity index (χ2n) is 9.67. The van der Waals surface area contributed by atoms with Gasteiger partial charge in [-0.1, -0.05) is 11.6 Å². The number of fused-ring (bicyclic) bond motifs is 1. The largest absolute Gasteiger partial charge is 0.381 e. The van der Waals surface area contributed by atoms with E-state index in [2.05, 4.69) is 27.1 Å². The first kappa shape index (κ1) is 23.3. The number of benzene rings is 1. The van der Waals surface area contributed by atoms with Crippen LogP contribution in [-0.2, 0) is 4.74 Å². The van der Waals surface area contributed by atoms with Crippen LogP contribution in [0.25, 0.3) is 11.2 Å².